The fourth-order valence-electron chi connectivity index (χ4n) is 3.54. The number of halogens is 4. The molecule has 2 aliphatic carbocycles. The average molecular weight is 506 g/mol. The number of aliphatic carboxylic acids is 1. The summed E-state index contributed by atoms with van der Waals surface area (Å²) in [4.78, 5) is 11.9. The SMILES string of the molecule is O=C(O)CSc1nnc(Br)n1-c1sc(C2=CCC(C(F)(F)F)C=C2)c2c1CCC2. The molecule has 2 aliphatic rings. The third kappa shape index (κ3) is 4.04. The van der Waals surface area contributed by atoms with Gasteiger partial charge in [0.15, 0.2) is 5.16 Å². The molecule has 154 valence electrons. The van der Waals surface area contributed by atoms with E-state index in [2.05, 4.69) is 26.1 Å². The number of thiophene rings is 1. The van der Waals surface area contributed by atoms with Crippen LogP contribution in [0.2, 0.25) is 0 Å². The first-order chi connectivity index (χ1) is 13.8. The number of alkyl halides is 3. The van der Waals surface area contributed by atoms with Gasteiger partial charge in [0, 0.05) is 4.88 Å². The minimum Gasteiger partial charge on any atom is -0.481 e. The number of fused-ring (bicyclic) bond motifs is 1. The van der Waals surface area contributed by atoms with Gasteiger partial charge in [0.2, 0.25) is 4.73 Å². The van der Waals surface area contributed by atoms with E-state index < -0.39 is 18.1 Å². The first-order valence-electron chi connectivity index (χ1n) is 8.81. The van der Waals surface area contributed by atoms with Gasteiger partial charge >= 0.3 is 12.1 Å². The smallest absolute Gasteiger partial charge is 0.395 e. The van der Waals surface area contributed by atoms with E-state index in [0.717, 1.165) is 57.6 Å². The van der Waals surface area contributed by atoms with Crippen LogP contribution < -0.4 is 0 Å². The molecular formula is C18H15BrF3N3O2S2. The summed E-state index contributed by atoms with van der Waals surface area (Å²) in [5.41, 5.74) is 3.10. The minimum atomic E-state index is -4.23. The van der Waals surface area contributed by atoms with Crippen molar-refractivity contribution < 1.29 is 23.1 Å². The number of allylic oxidation sites excluding steroid dienone is 4. The Kier molecular flexibility index (Phi) is 5.64. The van der Waals surface area contributed by atoms with Crippen LogP contribution in [0.1, 0.15) is 28.8 Å². The summed E-state index contributed by atoms with van der Waals surface area (Å²) in [7, 11) is 0. The van der Waals surface area contributed by atoms with Crippen molar-refractivity contribution in [3.63, 3.8) is 0 Å². The van der Waals surface area contributed by atoms with Crippen LogP contribution in [0.25, 0.3) is 10.6 Å². The number of carboxylic acids is 1. The standard InChI is InChI=1S/C18H15BrF3N3O2S2/c19-16-23-24-17(28-8-13(26)27)25(16)15-12-3-1-2-11(12)14(29-15)9-4-6-10(7-5-9)18(20,21)22/h4-6,10H,1-3,7-8H2,(H,26,27). The van der Waals surface area contributed by atoms with Crippen molar-refractivity contribution >= 4 is 50.6 Å². The second-order valence-corrected chi connectivity index (χ2v) is 9.37. The summed E-state index contributed by atoms with van der Waals surface area (Å²) < 4.78 is 41.1. The van der Waals surface area contributed by atoms with E-state index in [0.29, 0.717) is 9.89 Å². The van der Waals surface area contributed by atoms with Gasteiger partial charge in [0.25, 0.3) is 0 Å². The van der Waals surface area contributed by atoms with Crippen LogP contribution in [0.5, 0.6) is 0 Å². The van der Waals surface area contributed by atoms with E-state index in [-0.39, 0.29) is 12.2 Å². The van der Waals surface area contributed by atoms with Gasteiger partial charge in [-0.2, -0.15) is 13.2 Å². The molecule has 5 nitrogen and oxygen atoms in total. The van der Waals surface area contributed by atoms with Crippen LogP contribution in [0.4, 0.5) is 13.2 Å². The number of carboxylic acid groups (broad SMARTS) is 1. The molecule has 0 saturated heterocycles. The quantitative estimate of drug-likeness (QED) is 0.560. The number of nitrogens with zero attached hydrogens (tertiary/aromatic N) is 3. The number of hydrogen-bond donors (Lipinski definition) is 1. The normalized spacial score (nSPS) is 18.8. The first kappa shape index (κ1) is 20.7. The summed E-state index contributed by atoms with van der Waals surface area (Å²) >= 11 is 5.95. The Morgan fingerprint density at radius 1 is 1.34 bits per heavy atom. The molecule has 2 aromatic heterocycles. The monoisotopic (exact) mass is 505 g/mol. The van der Waals surface area contributed by atoms with Crippen molar-refractivity contribution in [2.75, 3.05) is 5.75 Å². The number of hydrogen-bond acceptors (Lipinski definition) is 5. The molecule has 2 aromatic rings. The summed E-state index contributed by atoms with van der Waals surface area (Å²) in [6, 6.07) is 0. The van der Waals surface area contributed by atoms with Gasteiger partial charge in [-0.3, -0.25) is 9.36 Å². The Hall–Kier alpha value is -1.59. The lowest BCUT2D eigenvalue weighted by atomic mass is 9.94. The molecule has 1 atom stereocenters. The third-order valence-electron chi connectivity index (χ3n) is 4.85. The molecule has 0 saturated carbocycles. The summed E-state index contributed by atoms with van der Waals surface area (Å²) in [5, 5.41) is 18.4. The fraction of sp³-hybridized carbons (Fsp3) is 0.389. The molecule has 0 amide bonds. The van der Waals surface area contributed by atoms with Gasteiger partial charge in [0.05, 0.1) is 11.7 Å². The van der Waals surface area contributed by atoms with E-state index in [4.69, 9.17) is 5.11 Å². The largest absolute Gasteiger partial charge is 0.481 e. The van der Waals surface area contributed by atoms with Gasteiger partial charge in [-0.15, -0.1) is 21.5 Å². The third-order valence-corrected chi connectivity index (χ3v) is 7.59. The summed E-state index contributed by atoms with van der Waals surface area (Å²) in [6.45, 7) is 0. The Bertz CT molecular complexity index is 1030. The van der Waals surface area contributed by atoms with Crippen molar-refractivity contribution in [3.05, 3.63) is 39.0 Å². The predicted octanol–water partition coefficient (Wildman–Crippen LogP) is 5.28. The van der Waals surface area contributed by atoms with Gasteiger partial charge in [-0.05, 0) is 58.3 Å². The Labute approximate surface area is 180 Å². The number of carbonyl (C=O) groups is 1. The number of aromatic nitrogens is 3. The highest BCUT2D eigenvalue weighted by atomic mass is 79.9. The maximum atomic E-state index is 13.0. The van der Waals surface area contributed by atoms with Crippen molar-refractivity contribution in [3.8, 4) is 5.00 Å². The van der Waals surface area contributed by atoms with Crippen LogP contribution in [0.15, 0.2) is 28.1 Å². The molecule has 29 heavy (non-hydrogen) atoms. The lowest BCUT2D eigenvalue weighted by molar-refractivity contribution is -0.160. The van der Waals surface area contributed by atoms with Crippen LogP contribution in [0, 0.1) is 5.92 Å². The maximum Gasteiger partial charge on any atom is 0.395 e. The molecular weight excluding hydrogens is 491 g/mol. The maximum absolute atomic E-state index is 13.0. The molecule has 2 heterocycles. The van der Waals surface area contributed by atoms with Crippen molar-refractivity contribution in [2.45, 2.75) is 37.0 Å². The number of rotatable bonds is 5. The van der Waals surface area contributed by atoms with Crippen LogP contribution in [0.3, 0.4) is 0 Å². The van der Waals surface area contributed by atoms with E-state index in [1.54, 1.807) is 16.7 Å². The average Bonchev–Trinajstić information content (AvgIpc) is 3.35. The van der Waals surface area contributed by atoms with E-state index in [9.17, 15) is 18.0 Å². The zero-order chi connectivity index (χ0) is 20.8. The fourth-order valence-corrected chi connectivity index (χ4v) is 6.34. The molecule has 0 aliphatic heterocycles. The molecule has 0 bridgehead atoms. The Morgan fingerprint density at radius 3 is 2.76 bits per heavy atom. The summed E-state index contributed by atoms with van der Waals surface area (Å²) in [5.74, 6) is -2.53. The van der Waals surface area contributed by atoms with Gasteiger partial charge in [0.1, 0.15) is 5.00 Å². The topological polar surface area (TPSA) is 68.0 Å². The lowest BCUT2D eigenvalue weighted by Gasteiger charge is -2.19. The predicted molar refractivity (Wildman–Crippen MR) is 109 cm³/mol. The van der Waals surface area contributed by atoms with Gasteiger partial charge in [-0.1, -0.05) is 30.0 Å². The Balaban J connectivity index is 1.71. The lowest BCUT2D eigenvalue weighted by Crippen LogP contribution is -2.21. The molecule has 0 radical (unpaired) electrons. The Morgan fingerprint density at radius 2 is 2.10 bits per heavy atom. The summed E-state index contributed by atoms with van der Waals surface area (Å²) in [6.07, 6.45) is 2.86. The van der Waals surface area contributed by atoms with Gasteiger partial charge in [-0.25, -0.2) is 0 Å². The molecule has 0 aromatic carbocycles. The second-order valence-electron chi connectivity index (χ2n) is 6.72. The second kappa shape index (κ2) is 7.92. The molecule has 11 heteroatoms. The van der Waals surface area contributed by atoms with Crippen molar-refractivity contribution in [1.29, 1.82) is 0 Å². The van der Waals surface area contributed by atoms with Crippen LogP contribution >= 0.6 is 39.0 Å². The van der Waals surface area contributed by atoms with Gasteiger partial charge < -0.3 is 5.11 Å². The molecule has 1 unspecified atom stereocenters. The molecule has 4 rings (SSSR count). The zero-order valence-electron chi connectivity index (χ0n) is 14.9. The first-order valence-corrected chi connectivity index (χ1v) is 11.4. The van der Waals surface area contributed by atoms with E-state index >= 15 is 0 Å². The highest BCUT2D eigenvalue weighted by Gasteiger charge is 2.38. The molecule has 1 N–H and O–H groups in total. The highest BCUT2D eigenvalue weighted by molar-refractivity contribution is 9.10. The van der Waals surface area contributed by atoms with Crippen LogP contribution in [-0.2, 0) is 17.6 Å². The minimum absolute atomic E-state index is 0.0621. The highest BCUT2D eigenvalue weighted by Crippen LogP contribution is 2.45. The van der Waals surface area contributed by atoms with Crippen molar-refractivity contribution in [1.82, 2.24) is 14.8 Å². The van der Waals surface area contributed by atoms with E-state index in [1.807, 2.05) is 0 Å². The zero-order valence-corrected chi connectivity index (χ0v) is 18.1. The molecule has 0 spiro atoms. The van der Waals surface area contributed by atoms with Crippen molar-refractivity contribution in [2.24, 2.45) is 5.92 Å². The molecule has 0 fully saturated rings. The van der Waals surface area contributed by atoms with Crippen LogP contribution in [-0.4, -0.2) is 37.8 Å². The van der Waals surface area contributed by atoms with E-state index in [1.165, 1.54) is 17.4 Å². The number of thioether (sulfide) groups is 1.